The Morgan fingerprint density at radius 3 is 1.81 bits per heavy atom. The van der Waals surface area contributed by atoms with Gasteiger partial charge in [0, 0.05) is 86.6 Å². The van der Waals surface area contributed by atoms with Gasteiger partial charge in [-0.3, -0.25) is 19.9 Å². The van der Waals surface area contributed by atoms with Gasteiger partial charge < -0.3 is 40.2 Å². The first-order chi connectivity index (χ1) is 38.0. The second-order valence-electron chi connectivity index (χ2n) is 20.6. The Morgan fingerprint density at radius 2 is 1.32 bits per heavy atom. The number of ether oxygens (including phenoxy) is 3. The second-order valence-corrected chi connectivity index (χ2v) is 20.6. The Hall–Kier alpha value is -7.22. The third-order valence-electron chi connectivity index (χ3n) is 14.4. The first kappa shape index (κ1) is 63.0. The number of rotatable bonds is 21. The second kappa shape index (κ2) is 26.1. The summed E-state index contributed by atoms with van der Waals surface area (Å²) in [4.78, 5) is 62.3. The number of hydrazine groups is 1. The largest absolute Gasteiger partial charge is 0.453 e. The first-order valence-electron chi connectivity index (χ1n) is 25.2. The van der Waals surface area contributed by atoms with Crippen LogP contribution in [0.15, 0.2) is 67.0 Å². The van der Waals surface area contributed by atoms with Crippen LogP contribution in [-0.2, 0) is 36.8 Å². The number of carbonyl (C=O) groups excluding carboxylic acids is 4. The van der Waals surface area contributed by atoms with Gasteiger partial charge in [-0.25, -0.2) is 33.0 Å². The standard InChI is InChI=1S/C53H62F10N10O8/c1-50(2,52(58,59)60)43(66-48(77)80-6)45(75)65-40(22-31-11-8-30(9-12-31)10-13-32-14-17-42(64-25-32)70-26-34-15-16-35(27-70)72(34)20-21-79-5)41(74)29-71(69-46(76)44(67-49(78)81-7)51(3,4)53(61,62)63)28-36-37(54)23-33(24-38(36)55)39-18-19-73(68-39)47(56)57/h8-9,11-12,14,17-19,23-25,34-35,40-41,43-44,47,74H,15-16,20-22,26-29H2,1-7H3,(H,65,75)(H,66,77)(H,67,78)(H,69,76)/t34?,35?,40-,41-,43+,44+/m0/s1. The number of aromatic nitrogens is 3. The molecule has 2 aliphatic heterocycles. The number of carbonyl (C=O) groups is 4. The van der Waals surface area contributed by atoms with E-state index in [0.717, 1.165) is 64.8 Å². The van der Waals surface area contributed by atoms with Crippen LogP contribution in [0.3, 0.4) is 0 Å². The monoisotopic (exact) mass is 1160 g/mol. The van der Waals surface area contributed by atoms with Crippen LogP contribution in [0.1, 0.15) is 69.3 Å². The Labute approximate surface area is 459 Å². The van der Waals surface area contributed by atoms with E-state index in [-0.39, 0.29) is 21.5 Å². The minimum absolute atomic E-state index is 0.198. The molecule has 2 aliphatic rings. The topological polar surface area (TPSA) is 205 Å². The zero-order valence-electron chi connectivity index (χ0n) is 45.0. The molecule has 2 saturated heterocycles. The van der Waals surface area contributed by atoms with Gasteiger partial charge in [-0.05, 0) is 95.0 Å². The molecule has 2 fully saturated rings. The van der Waals surface area contributed by atoms with Crippen LogP contribution in [0.5, 0.6) is 0 Å². The van der Waals surface area contributed by atoms with Gasteiger partial charge in [-0.15, -0.1) is 0 Å². The Bertz CT molecular complexity index is 2860. The SMILES string of the molecule is COCCN1C2CCC1CN(c1ccc(C#Cc3ccc(C[C@H](NC(=O)[C@@H](NC(=O)OC)C(C)(C)C(F)(F)F)[C@@H](O)CN(Cc4c(F)cc(-c5ccn(C(F)F)n5)cc4F)NC(=O)[C@@H](NC(=O)OC)C(C)(C)C(F)(F)F)cc3)cn1)C2. The number of methoxy groups -OCH3 is 3. The highest BCUT2D eigenvalue weighted by molar-refractivity contribution is 5.87. The number of benzene rings is 2. The maximum absolute atomic E-state index is 16.0. The summed E-state index contributed by atoms with van der Waals surface area (Å²) in [6.45, 7) is 0.00558. The van der Waals surface area contributed by atoms with Crippen molar-refractivity contribution >= 4 is 29.8 Å². The lowest BCUT2D eigenvalue weighted by Crippen LogP contribution is -2.63. The summed E-state index contributed by atoms with van der Waals surface area (Å²) in [6.07, 6.45) is -11.4. The van der Waals surface area contributed by atoms with E-state index >= 15 is 8.78 Å². The predicted molar refractivity (Wildman–Crippen MR) is 272 cm³/mol. The molecule has 0 saturated carbocycles. The van der Waals surface area contributed by atoms with Crippen LogP contribution >= 0.6 is 0 Å². The van der Waals surface area contributed by atoms with Crippen LogP contribution in [0.25, 0.3) is 11.3 Å². The van der Waals surface area contributed by atoms with Gasteiger partial charge in [0.2, 0.25) is 5.91 Å². The average molecular weight is 1160 g/mol. The molecule has 0 radical (unpaired) electrons. The van der Waals surface area contributed by atoms with E-state index in [1.165, 1.54) is 12.1 Å². The van der Waals surface area contributed by atoms with Crippen molar-refractivity contribution in [3.63, 3.8) is 0 Å². The van der Waals surface area contributed by atoms with Crippen molar-refractivity contribution in [2.24, 2.45) is 10.8 Å². The smallest absolute Gasteiger partial charge is 0.407 e. The minimum Gasteiger partial charge on any atom is -0.453 e. The molecular formula is C53H62F10N10O8. The Balaban J connectivity index is 1.32. The molecule has 2 bridgehead atoms. The number of amides is 4. The third kappa shape index (κ3) is 15.4. The summed E-state index contributed by atoms with van der Waals surface area (Å²) in [7, 11) is 3.28. The van der Waals surface area contributed by atoms with E-state index in [4.69, 9.17) is 4.74 Å². The van der Waals surface area contributed by atoms with Gasteiger partial charge >= 0.3 is 31.1 Å². The summed E-state index contributed by atoms with van der Waals surface area (Å²) in [5.41, 5.74) is -4.43. The highest BCUT2D eigenvalue weighted by Gasteiger charge is 2.57. The Kier molecular flexibility index (Phi) is 20.3. The van der Waals surface area contributed by atoms with E-state index in [1.807, 2.05) is 22.9 Å². The molecule has 4 aromatic rings. The zero-order valence-corrected chi connectivity index (χ0v) is 45.0. The number of aliphatic hydroxyl groups is 1. The molecule has 2 aromatic carbocycles. The number of nitrogens with zero attached hydrogens (tertiary/aromatic N) is 6. The van der Waals surface area contributed by atoms with Gasteiger partial charge in [0.1, 0.15) is 29.5 Å². The molecule has 442 valence electrons. The van der Waals surface area contributed by atoms with E-state index < -0.39 is 115 Å². The molecule has 5 N–H and O–H groups in total. The van der Waals surface area contributed by atoms with Crippen molar-refractivity contribution in [1.82, 2.24) is 46.0 Å². The zero-order chi connectivity index (χ0) is 59.8. The van der Waals surface area contributed by atoms with Gasteiger partial charge in [-0.1, -0.05) is 24.0 Å². The number of nitrogens with one attached hydrogen (secondary N) is 4. The molecule has 81 heavy (non-hydrogen) atoms. The molecule has 6 atom stereocenters. The van der Waals surface area contributed by atoms with Crippen molar-refractivity contribution in [2.75, 3.05) is 59.0 Å². The van der Waals surface area contributed by atoms with Gasteiger partial charge in [0.15, 0.2) is 0 Å². The van der Waals surface area contributed by atoms with E-state index in [2.05, 4.69) is 46.5 Å². The highest BCUT2D eigenvalue weighted by Crippen LogP contribution is 2.42. The van der Waals surface area contributed by atoms with Gasteiger partial charge in [0.25, 0.3) is 5.91 Å². The number of aliphatic hydroxyl groups excluding tert-OH is 1. The number of alkyl carbamates (subject to hydrolysis) is 2. The van der Waals surface area contributed by atoms with Crippen LogP contribution in [-0.4, -0.2) is 157 Å². The lowest BCUT2D eigenvalue weighted by atomic mass is 9.82. The summed E-state index contributed by atoms with van der Waals surface area (Å²) in [5, 5.41) is 22.1. The van der Waals surface area contributed by atoms with E-state index in [0.29, 0.717) is 74.7 Å². The normalized spacial score (nSPS) is 17.4. The van der Waals surface area contributed by atoms with Crippen molar-refractivity contribution < 1.29 is 82.4 Å². The first-order valence-corrected chi connectivity index (χ1v) is 25.2. The number of halogens is 10. The summed E-state index contributed by atoms with van der Waals surface area (Å²) in [6, 6.07) is 6.08. The number of anilines is 1. The molecule has 4 heterocycles. The van der Waals surface area contributed by atoms with Gasteiger partial charge in [0.05, 0.1) is 49.5 Å². The number of hydrogen-bond acceptors (Lipinski definition) is 13. The maximum Gasteiger partial charge on any atom is 0.407 e. The number of pyridine rings is 1. The summed E-state index contributed by atoms with van der Waals surface area (Å²) in [5.74, 6) is 0.755. The lowest BCUT2D eigenvalue weighted by molar-refractivity contribution is -0.221. The van der Waals surface area contributed by atoms with E-state index in [1.54, 1.807) is 30.8 Å². The molecule has 4 amide bonds. The molecule has 28 heteroatoms. The molecule has 18 nitrogen and oxygen atoms in total. The Morgan fingerprint density at radius 1 is 0.778 bits per heavy atom. The fourth-order valence-corrected chi connectivity index (χ4v) is 9.30. The number of piperazine rings is 1. The number of alkyl halides is 8. The fraction of sp³-hybridized carbons (Fsp3) is 0.509. The van der Waals surface area contributed by atoms with Crippen LogP contribution in [0.2, 0.25) is 0 Å². The van der Waals surface area contributed by atoms with Crippen molar-refractivity contribution in [3.05, 3.63) is 101 Å². The van der Waals surface area contributed by atoms with E-state index in [9.17, 15) is 59.4 Å². The van der Waals surface area contributed by atoms with Crippen molar-refractivity contribution in [1.29, 1.82) is 0 Å². The minimum atomic E-state index is -5.23. The highest BCUT2D eigenvalue weighted by atomic mass is 19.4. The molecule has 0 aliphatic carbocycles. The maximum atomic E-state index is 16.0. The summed E-state index contributed by atoms with van der Waals surface area (Å²) >= 11 is 0. The van der Waals surface area contributed by atoms with Crippen molar-refractivity contribution in [2.45, 2.75) is 109 Å². The molecule has 2 aromatic heterocycles. The quantitative estimate of drug-likeness (QED) is 0.0329. The third-order valence-corrected chi connectivity index (χ3v) is 14.4. The van der Waals surface area contributed by atoms with Crippen LogP contribution < -0.4 is 26.3 Å². The van der Waals surface area contributed by atoms with Crippen LogP contribution in [0.4, 0.5) is 59.3 Å². The van der Waals surface area contributed by atoms with Crippen LogP contribution in [0, 0.1) is 34.3 Å². The summed E-state index contributed by atoms with van der Waals surface area (Å²) < 4.78 is 160. The van der Waals surface area contributed by atoms with Gasteiger partial charge in [-0.2, -0.15) is 40.2 Å². The number of fused-ring (bicyclic) bond motifs is 2. The lowest BCUT2D eigenvalue weighted by Gasteiger charge is -2.41. The van der Waals surface area contributed by atoms with Crippen molar-refractivity contribution in [3.8, 4) is 23.1 Å². The number of hydrogen-bond donors (Lipinski definition) is 5. The molecule has 6 rings (SSSR count). The predicted octanol–water partition coefficient (Wildman–Crippen LogP) is 6.87. The molecular weight excluding hydrogens is 1090 g/mol. The molecule has 0 spiro atoms. The molecule has 2 unspecified atom stereocenters. The average Bonchev–Trinajstić information content (AvgIpc) is 4.09. The fourth-order valence-electron chi connectivity index (χ4n) is 9.30.